The molecule has 0 aliphatic rings. The van der Waals surface area contributed by atoms with Crippen LogP contribution in [0.1, 0.15) is 18.0 Å². The van der Waals surface area contributed by atoms with Crippen LogP contribution >= 0.6 is 0 Å². The molecule has 0 spiro atoms. The van der Waals surface area contributed by atoms with E-state index in [1.807, 2.05) is 0 Å². The minimum atomic E-state index is -1.05. The van der Waals surface area contributed by atoms with Gasteiger partial charge in [0.15, 0.2) is 0 Å². The third-order valence-corrected chi connectivity index (χ3v) is 2.75. The topological polar surface area (TPSA) is 94.1 Å². The first-order chi connectivity index (χ1) is 9.57. The van der Waals surface area contributed by atoms with Crippen molar-refractivity contribution in [2.45, 2.75) is 12.5 Å². The number of hydrogen-bond acceptors (Lipinski definition) is 5. The number of nitrogens with one attached hydrogen (secondary N) is 1. The van der Waals surface area contributed by atoms with Gasteiger partial charge in [-0.3, -0.25) is 9.59 Å². The molecule has 0 aliphatic carbocycles. The highest BCUT2D eigenvalue weighted by Crippen LogP contribution is 2.39. The van der Waals surface area contributed by atoms with Gasteiger partial charge in [0.25, 0.3) is 0 Å². The zero-order chi connectivity index (χ0) is 15.1. The summed E-state index contributed by atoms with van der Waals surface area (Å²) >= 11 is 0. The van der Waals surface area contributed by atoms with Gasteiger partial charge < -0.3 is 24.6 Å². The highest BCUT2D eigenvalue weighted by atomic mass is 16.5. The summed E-state index contributed by atoms with van der Waals surface area (Å²) in [5, 5.41) is 11.4. The molecule has 1 amide bonds. The van der Waals surface area contributed by atoms with Gasteiger partial charge in [-0.15, -0.1) is 0 Å². The number of carboxylic acids is 1. The predicted octanol–water partition coefficient (Wildman–Crippen LogP) is 0.974. The fraction of sp³-hybridized carbons (Fsp3) is 0.385. The molecule has 1 atom stereocenters. The van der Waals surface area contributed by atoms with Crippen LogP contribution in [0.15, 0.2) is 12.1 Å². The fourth-order valence-corrected chi connectivity index (χ4v) is 1.88. The van der Waals surface area contributed by atoms with E-state index in [1.165, 1.54) is 21.3 Å². The maximum absolute atomic E-state index is 10.9. The summed E-state index contributed by atoms with van der Waals surface area (Å²) in [6.07, 6.45) is 0.147. The van der Waals surface area contributed by atoms with Crippen LogP contribution in [0.4, 0.5) is 0 Å². The van der Waals surface area contributed by atoms with Gasteiger partial charge >= 0.3 is 5.97 Å². The zero-order valence-corrected chi connectivity index (χ0v) is 11.5. The molecule has 0 radical (unpaired) electrons. The lowest BCUT2D eigenvalue weighted by molar-refractivity contribution is -0.137. The number of ether oxygens (including phenoxy) is 3. The highest BCUT2D eigenvalue weighted by molar-refractivity contribution is 5.70. The number of benzene rings is 1. The SMILES string of the molecule is COc1cc(OC)c(C(CC(=O)O)NC=O)c(OC)c1. The Labute approximate surface area is 116 Å². The number of carboxylic acid groups (broad SMARTS) is 1. The molecule has 0 aliphatic heterocycles. The molecule has 110 valence electrons. The first-order valence-corrected chi connectivity index (χ1v) is 5.78. The Morgan fingerprint density at radius 2 is 1.80 bits per heavy atom. The van der Waals surface area contributed by atoms with Crippen LogP contribution in [0.2, 0.25) is 0 Å². The minimum Gasteiger partial charge on any atom is -0.496 e. The maximum atomic E-state index is 10.9. The van der Waals surface area contributed by atoms with E-state index < -0.39 is 12.0 Å². The van der Waals surface area contributed by atoms with E-state index in [9.17, 15) is 9.59 Å². The van der Waals surface area contributed by atoms with Crippen molar-refractivity contribution >= 4 is 12.4 Å². The molecule has 0 fully saturated rings. The van der Waals surface area contributed by atoms with Gasteiger partial charge in [0.05, 0.1) is 39.4 Å². The average molecular weight is 283 g/mol. The average Bonchev–Trinajstić information content (AvgIpc) is 2.44. The van der Waals surface area contributed by atoms with Crippen molar-refractivity contribution in [3.8, 4) is 17.2 Å². The summed E-state index contributed by atoms with van der Waals surface area (Å²) < 4.78 is 15.6. The van der Waals surface area contributed by atoms with Gasteiger partial charge in [0.2, 0.25) is 6.41 Å². The largest absolute Gasteiger partial charge is 0.496 e. The standard InChI is InChI=1S/C13H17NO6/c1-18-8-4-10(19-2)13(11(5-8)20-3)9(14-7-15)6-12(16)17/h4-5,7,9H,6H2,1-3H3,(H,14,15)(H,16,17). The summed E-state index contributed by atoms with van der Waals surface area (Å²) in [7, 11) is 4.37. The first kappa shape index (κ1) is 15.6. The van der Waals surface area contributed by atoms with Gasteiger partial charge in [0, 0.05) is 12.1 Å². The van der Waals surface area contributed by atoms with Crippen molar-refractivity contribution < 1.29 is 28.9 Å². The number of hydrogen-bond donors (Lipinski definition) is 2. The highest BCUT2D eigenvalue weighted by Gasteiger charge is 2.24. The number of carbonyl (C=O) groups is 2. The number of amides is 1. The molecule has 1 aromatic carbocycles. The van der Waals surface area contributed by atoms with Gasteiger partial charge in [-0.2, -0.15) is 0 Å². The number of aliphatic carboxylic acids is 1. The van der Waals surface area contributed by atoms with E-state index in [0.29, 0.717) is 29.2 Å². The van der Waals surface area contributed by atoms with Crippen molar-refractivity contribution in [1.29, 1.82) is 0 Å². The molecule has 1 unspecified atom stereocenters. The molecule has 0 saturated heterocycles. The minimum absolute atomic E-state index is 0.294. The van der Waals surface area contributed by atoms with E-state index in [4.69, 9.17) is 19.3 Å². The van der Waals surface area contributed by atoms with Gasteiger partial charge in [-0.05, 0) is 0 Å². The molecule has 0 aromatic heterocycles. The maximum Gasteiger partial charge on any atom is 0.305 e. The monoisotopic (exact) mass is 283 g/mol. The lowest BCUT2D eigenvalue weighted by Crippen LogP contribution is -2.23. The van der Waals surface area contributed by atoms with Crippen molar-refractivity contribution in [1.82, 2.24) is 5.32 Å². The van der Waals surface area contributed by atoms with E-state index in [1.54, 1.807) is 12.1 Å². The molecular weight excluding hydrogens is 266 g/mol. The summed E-state index contributed by atoms with van der Waals surface area (Å²) in [6.45, 7) is 0. The first-order valence-electron chi connectivity index (χ1n) is 5.78. The Hall–Kier alpha value is -2.44. The Balaban J connectivity index is 3.36. The molecule has 7 heteroatoms. The molecule has 0 saturated carbocycles. The molecule has 0 heterocycles. The molecule has 2 N–H and O–H groups in total. The van der Waals surface area contributed by atoms with Crippen LogP contribution < -0.4 is 19.5 Å². The normalized spacial score (nSPS) is 11.3. The van der Waals surface area contributed by atoms with Gasteiger partial charge in [-0.1, -0.05) is 0 Å². The van der Waals surface area contributed by atoms with E-state index >= 15 is 0 Å². The third kappa shape index (κ3) is 3.53. The number of rotatable bonds is 8. The Kier molecular flexibility index (Phi) is 5.64. The van der Waals surface area contributed by atoms with Crippen LogP contribution in [0.3, 0.4) is 0 Å². The Morgan fingerprint density at radius 1 is 1.25 bits per heavy atom. The quantitative estimate of drug-likeness (QED) is 0.690. The Bertz CT molecular complexity index is 463. The zero-order valence-electron chi connectivity index (χ0n) is 11.5. The molecule has 1 rings (SSSR count). The smallest absolute Gasteiger partial charge is 0.305 e. The molecule has 20 heavy (non-hydrogen) atoms. The van der Waals surface area contributed by atoms with Crippen LogP contribution in [-0.2, 0) is 9.59 Å². The Morgan fingerprint density at radius 3 is 2.15 bits per heavy atom. The van der Waals surface area contributed by atoms with E-state index in [2.05, 4.69) is 5.32 Å². The third-order valence-electron chi connectivity index (χ3n) is 2.75. The second-order valence-electron chi connectivity index (χ2n) is 3.88. The predicted molar refractivity (Wildman–Crippen MR) is 70.3 cm³/mol. The van der Waals surface area contributed by atoms with Crippen molar-refractivity contribution in [3.05, 3.63) is 17.7 Å². The number of methoxy groups -OCH3 is 3. The molecule has 1 aromatic rings. The van der Waals surface area contributed by atoms with E-state index in [0.717, 1.165) is 0 Å². The van der Waals surface area contributed by atoms with Crippen LogP contribution in [0.5, 0.6) is 17.2 Å². The summed E-state index contributed by atoms with van der Waals surface area (Å²) in [4.78, 5) is 21.6. The molecular formula is C13H17NO6. The second kappa shape index (κ2) is 7.22. The summed E-state index contributed by atoms with van der Waals surface area (Å²) in [5.41, 5.74) is 0.449. The van der Waals surface area contributed by atoms with Gasteiger partial charge in [0.1, 0.15) is 17.2 Å². The molecule has 7 nitrogen and oxygen atoms in total. The fourth-order valence-electron chi connectivity index (χ4n) is 1.88. The second-order valence-corrected chi connectivity index (χ2v) is 3.88. The number of carbonyl (C=O) groups excluding carboxylic acids is 1. The summed E-state index contributed by atoms with van der Waals surface area (Å²) in [5.74, 6) is 0.204. The van der Waals surface area contributed by atoms with Crippen molar-refractivity contribution in [2.24, 2.45) is 0 Å². The van der Waals surface area contributed by atoms with Crippen molar-refractivity contribution in [2.75, 3.05) is 21.3 Å². The lowest BCUT2D eigenvalue weighted by atomic mass is 10.0. The lowest BCUT2D eigenvalue weighted by Gasteiger charge is -2.21. The summed E-state index contributed by atoms with van der Waals surface area (Å²) in [6, 6.07) is 2.43. The van der Waals surface area contributed by atoms with Crippen LogP contribution in [-0.4, -0.2) is 38.8 Å². The van der Waals surface area contributed by atoms with Gasteiger partial charge in [-0.25, -0.2) is 0 Å². The van der Waals surface area contributed by atoms with Crippen molar-refractivity contribution in [3.63, 3.8) is 0 Å². The molecule has 0 bridgehead atoms. The van der Waals surface area contributed by atoms with Crippen LogP contribution in [0, 0.1) is 0 Å². The van der Waals surface area contributed by atoms with Crippen LogP contribution in [0.25, 0.3) is 0 Å². The van der Waals surface area contributed by atoms with E-state index in [-0.39, 0.29) is 6.42 Å².